The number of hydrogen-bond donors (Lipinski definition) is 0. The first kappa shape index (κ1) is 15.6. The number of hydrogen-bond acceptors (Lipinski definition) is 6. The van der Waals surface area contributed by atoms with Crippen molar-refractivity contribution in [2.75, 3.05) is 12.0 Å². The number of thiophene rings is 1. The topological polar surface area (TPSA) is 35.0 Å². The highest BCUT2D eigenvalue weighted by Gasteiger charge is 2.33. The van der Waals surface area contributed by atoms with Crippen LogP contribution in [0.3, 0.4) is 0 Å². The molecule has 0 N–H and O–H groups in total. The number of thioether (sulfide) groups is 2. The maximum absolute atomic E-state index is 6.08. The van der Waals surface area contributed by atoms with Crippen LogP contribution in [0.25, 0.3) is 10.2 Å². The molecular formula is C15H20N2OS3. The lowest BCUT2D eigenvalue weighted by molar-refractivity contribution is -0.0543. The number of fused-ring (bicyclic) bond motifs is 3. The summed E-state index contributed by atoms with van der Waals surface area (Å²) in [5.41, 5.74) is 1.38. The maximum atomic E-state index is 6.08. The molecule has 0 spiro atoms. The van der Waals surface area contributed by atoms with E-state index in [9.17, 15) is 0 Å². The minimum absolute atomic E-state index is 0.0483. The second kappa shape index (κ2) is 6.07. The van der Waals surface area contributed by atoms with Gasteiger partial charge >= 0.3 is 0 Å². The van der Waals surface area contributed by atoms with Crippen molar-refractivity contribution in [1.82, 2.24) is 9.97 Å². The second-order valence-electron chi connectivity index (χ2n) is 5.40. The molecule has 0 amide bonds. The van der Waals surface area contributed by atoms with E-state index >= 15 is 0 Å². The van der Waals surface area contributed by atoms with Crippen LogP contribution in [0.1, 0.15) is 37.6 Å². The molecule has 6 heteroatoms. The van der Waals surface area contributed by atoms with Gasteiger partial charge in [0.05, 0.1) is 12.2 Å². The van der Waals surface area contributed by atoms with Gasteiger partial charge in [0, 0.05) is 16.7 Å². The molecule has 0 aliphatic carbocycles. The summed E-state index contributed by atoms with van der Waals surface area (Å²) in [5.74, 6) is 1.03. The standard InChI is InChI=1S/C15H20N2OS3/c1-5-15(3)7-9-10(8-18-15)21-13-11(9)12(20-6-2)16-14(17-13)19-4/h5-8H2,1-4H3/t15-/m1/s1. The van der Waals surface area contributed by atoms with Crippen molar-refractivity contribution >= 4 is 45.1 Å². The monoisotopic (exact) mass is 340 g/mol. The number of ether oxygens (including phenoxy) is 1. The summed E-state index contributed by atoms with van der Waals surface area (Å²) >= 11 is 5.21. The van der Waals surface area contributed by atoms with Gasteiger partial charge in [-0.25, -0.2) is 9.97 Å². The smallest absolute Gasteiger partial charge is 0.189 e. The Hall–Kier alpha value is -0.300. The molecule has 0 saturated carbocycles. The van der Waals surface area contributed by atoms with Crippen molar-refractivity contribution in [3.8, 4) is 0 Å². The van der Waals surface area contributed by atoms with Gasteiger partial charge in [0.2, 0.25) is 0 Å². The van der Waals surface area contributed by atoms with Gasteiger partial charge in [-0.2, -0.15) is 0 Å². The Kier molecular flexibility index (Phi) is 4.50. The molecule has 2 aromatic heterocycles. The van der Waals surface area contributed by atoms with E-state index in [1.54, 1.807) is 23.1 Å². The molecule has 3 nitrogen and oxygen atoms in total. The summed E-state index contributed by atoms with van der Waals surface area (Å²) in [6.45, 7) is 7.30. The summed E-state index contributed by atoms with van der Waals surface area (Å²) in [5, 5.41) is 3.29. The Morgan fingerprint density at radius 1 is 1.33 bits per heavy atom. The fraction of sp³-hybridized carbons (Fsp3) is 0.600. The molecule has 0 aromatic carbocycles. The molecule has 0 saturated heterocycles. The Morgan fingerprint density at radius 3 is 2.81 bits per heavy atom. The molecule has 3 rings (SSSR count). The zero-order chi connectivity index (χ0) is 15.0. The fourth-order valence-electron chi connectivity index (χ4n) is 2.58. The Labute approximate surface area is 138 Å². The summed E-state index contributed by atoms with van der Waals surface area (Å²) in [7, 11) is 0. The lowest BCUT2D eigenvalue weighted by atomic mass is 9.90. The zero-order valence-electron chi connectivity index (χ0n) is 12.9. The highest BCUT2D eigenvalue weighted by molar-refractivity contribution is 7.99. The van der Waals surface area contributed by atoms with E-state index in [1.165, 1.54) is 15.8 Å². The fourth-order valence-corrected chi connectivity index (χ4v) is 5.02. The molecular weight excluding hydrogens is 320 g/mol. The minimum atomic E-state index is -0.0483. The molecule has 1 atom stereocenters. The van der Waals surface area contributed by atoms with E-state index in [1.807, 2.05) is 18.0 Å². The van der Waals surface area contributed by atoms with E-state index < -0.39 is 0 Å². The number of aromatic nitrogens is 2. The third-order valence-corrected chi connectivity index (χ3v) is 6.50. The Balaban J connectivity index is 2.18. The van der Waals surface area contributed by atoms with Crippen molar-refractivity contribution in [1.29, 1.82) is 0 Å². The lowest BCUT2D eigenvalue weighted by Gasteiger charge is -2.33. The van der Waals surface area contributed by atoms with E-state index in [0.29, 0.717) is 6.61 Å². The average molecular weight is 341 g/mol. The van der Waals surface area contributed by atoms with E-state index in [-0.39, 0.29) is 5.60 Å². The highest BCUT2D eigenvalue weighted by Crippen LogP contribution is 2.42. The molecule has 2 aromatic rings. The van der Waals surface area contributed by atoms with Crippen LogP contribution >= 0.6 is 34.9 Å². The molecule has 0 fully saturated rings. The van der Waals surface area contributed by atoms with Crippen LogP contribution in [-0.4, -0.2) is 27.6 Å². The Morgan fingerprint density at radius 2 is 2.14 bits per heavy atom. The normalized spacial score (nSPS) is 21.7. The van der Waals surface area contributed by atoms with Gasteiger partial charge in [0.1, 0.15) is 9.86 Å². The van der Waals surface area contributed by atoms with Crippen LogP contribution < -0.4 is 0 Å². The van der Waals surface area contributed by atoms with Crippen molar-refractivity contribution in [2.24, 2.45) is 0 Å². The van der Waals surface area contributed by atoms with Gasteiger partial charge in [0.15, 0.2) is 5.16 Å². The first-order valence-corrected chi connectivity index (χ1v) is 10.3. The highest BCUT2D eigenvalue weighted by atomic mass is 32.2. The molecule has 3 heterocycles. The van der Waals surface area contributed by atoms with E-state index in [0.717, 1.165) is 33.6 Å². The van der Waals surface area contributed by atoms with Crippen LogP contribution in [0, 0.1) is 0 Å². The van der Waals surface area contributed by atoms with Crippen LogP contribution in [0.15, 0.2) is 10.2 Å². The maximum Gasteiger partial charge on any atom is 0.189 e. The van der Waals surface area contributed by atoms with Crippen molar-refractivity contribution in [3.05, 3.63) is 10.4 Å². The molecule has 21 heavy (non-hydrogen) atoms. The minimum Gasteiger partial charge on any atom is -0.369 e. The molecule has 1 aliphatic heterocycles. The van der Waals surface area contributed by atoms with Crippen LogP contribution in [0.4, 0.5) is 0 Å². The SMILES string of the molecule is CCSc1nc(SC)nc2sc3c(c12)C[C@@](C)(CC)OC3. The first-order chi connectivity index (χ1) is 10.1. The van der Waals surface area contributed by atoms with E-state index in [4.69, 9.17) is 14.7 Å². The quantitative estimate of drug-likeness (QED) is 0.455. The van der Waals surface area contributed by atoms with Crippen LogP contribution in [0.2, 0.25) is 0 Å². The molecule has 114 valence electrons. The van der Waals surface area contributed by atoms with Gasteiger partial charge in [-0.3, -0.25) is 0 Å². The zero-order valence-corrected chi connectivity index (χ0v) is 15.3. The van der Waals surface area contributed by atoms with Crippen LogP contribution in [0.5, 0.6) is 0 Å². The van der Waals surface area contributed by atoms with Gasteiger partial charge in [-0.05, 0) is 30.9 Å². The van der Waals surface area contributed by atoms with Gasteiger partial charge < -0.3 is 4.74 Å². The largest absolute Gasteiger partial charge is 0.369 e. The number of nitrogens with zero attached hydrogens (tertiary/aromatic N) is 2. The van der Waals surface area contributed by atoms with Gasteiger partial charge in [-0.1, -0.05) is 25.6 Å². The Bertz CT molecular complexity index is 670. The van der Waals surface area contributed by atoms with Gasteiger partial charge in [-0.15, -0.1) is 23.1 Å². The van der Waals surface area contributed by atoms with Crippen molar-refractivity contribution in [2.45, 2.75) is 56.0 Å². The third-order valence-electron chi connectivity index (χ3n) is 3.99. The molecule has 0 bridgehead atoms. The molecule has 1 aliphatic rings. The second-order valence-corrected chi connectivity index (χ2v) is 8.51. The molecule has 0 radical (unpaired) electrons. The number of rotatable bonds is 4. The van der Waals surface area contributed by atoms with E-state index in [2.05, 4.69) is 20.8 Å². The predicted molar refractivity (Wildman–Crippen MR) is 92.8 cm³/mol. The van der Waals surface area contributed by atoms with Crippen molar-refractivity contribution < 1.29 is 4.74 Å². The molecule has 0 unspecified atom stereocenters. The average Bonchev–Trinajstić information content (AvgIpc) is 2.85. The summed E-state index contributed by atoms with van der Waals surface area (Å²) < 4.78 is 6.08. The summed E-state index contributed by atoms with van der Waals surface area (Å²) in [6, 6.07) is 0. The lowest BCUT2D eigenvalue weighted by Crippen LogP contribution is -2.33. The summed E-state index contributed by atoms with van der Waals surface area (Å²) in [4.78, 5) is 11.9. The third kappa shape index (κ3) is 2.83. The predicted octanol–water partition coefficient (Wildman–Crippen LogP) is 4.77. The summed E-state index contributed by atoms with van der Waals surface area (Å²) in [6.07, 6.45) is 4.04. The first-order valence-electron chi connectivity index (χ1n) is 7.23. The van der Waals surface area contributed by atoms with Gasteiger partial charge in [0.25, 0.3) is 0 Å². The van der Waals surface area contributed by atoms with Crippen LogP contribution in [-0.2, 0) is 17.8 Å². The van der Waals surface area contributed by atoms with Crippen molar-refractivity contribution in [3.63, 3.8) is 0 Å².